The molecular formula is C52H33IN4. The van der Waals surface area contributed by atoms with Crippen LogP contribution in [-0.4, -0.2) is 19.1 Å². The summed E-state index contributed by atoms with van der Waals surface area (Å²) in [4.78, 5) is 9.86. The van der Waals surface area contributed by atoms with Crippen molar-refractivity contribution in [3.05, 3.63) is 204 Å². The zero-order chi connectivity index (χ0) is 37.9. The molecule has 0 aliphatic heterocycles. The van der Waals surface area contributed by atoms with Crippen LogP contribution >= 0.6 is 22.6 Å². The molecule has 0 fully saturated rings. The molecule has 0 aliphatic rings. The molecule has 0 atom stereocenters. The molecule has 0 spiro atoms. The number of nitrogens with zero attached hydrogens (tertiary/aromatic N) is 4. The normalized spacial score (nSPS) is 11.6. The van der Waals surface area contributed by atoms with Gasteiger partial charge in [-0.1, -0.05) is 121 Å². The van der Waals surface area contributed by atoms with Gasteiger partial charge in [0.1, 0.15) is 0 Å². The summed E-state index contributed by atoms with van der Waals surface area (Å²) in [6.07, 6.45) is 1.82. The molecule has 7 aromatic carbocycles. The van der Waals surface area contributed by atoms with Gasteiger partial charge in [-0.25, -0.2) is 4.98 Å². The third kappa shape index (κ3) is 5.73. The van der Waals surface area contributed by atoms with E-state index in [0.717, 1.165) is 59.8 Å². The minimum absolute atomic E-state index is 0.849. The Labute approximate surface area is 343 Å². The van der Waals surface area contributed by atoms with Gasteiger partial charge in [-0.15, -0.1) is 0 Å². The Bertz CT molecular complexity index is 3010. The lowest BCUT2D eigenvalue weighted by atomic mass is 9.98. The number of hydrogen-bond acceptors (Lipinski definition) is 2. The van der Waals surface area contributed by atoms with Crippen molar-refractivity contribution in [2.24, 2.45) is 0 Å². The molecule has 4 heterocycles. The number of aromatic nitrogens is 4. The molecule has 4 nitrogen and oxygen atoms in total. The van der Waals surface area contributed by atoms with E-state index in [1.165, 1.54) is 43.6 Å². The first kappa shape index (κ1) is 33.5. The molecule has 0 aliphatic carbocycles. The summed E-state index contributed by atoms with van der Waals surface area (Å²) in [6.45, 7) is 0. The first-order valence-corrected chi connectivity index (χ1v) is 20.2. The van der Waals surface area contributed by atoms with Gasteiger partial charge in [0.05, 0.1) is 39.1 Å². The summed E-state index contributed by atoms with van der Waals surface area (Å²) in [5, 5.41) is 4.97. The monoisotopic (exact) mass is 840 g/mol. The third-order valence-electron chi connectivity index (χ3n) is 11.0. The van der Waals surface area contributed by atoms with Gasteiger partial charge in [-0.2, -0.15) is 0 Å². The van der Waals surface area contributed by atoms with E-state index in [9.17, 15) is 0 Å². The van der Waals surface area contributed by atoms with Crippen molar-refractivity contribution in [3.63, 3.8) is 0 Å². The van der Waals surface area contributed by atoms with Gasteiger partial charge in [-0.3, -0.25) is 4.98 Å². The van der Waals surface area contributed by atoms with Gasteiger partial charge in [-0.05, 0) is 118 Å². The number of hydrogen-bond donors (Lipinski definition) is 0. The Hall–Kier alpha value is -6.83. The van der Waals surface area contributed by atoms with Crippen LogP contribution in [0.1, 0.15) is 0 Å². The second kappa shape index (κ2) is 13.7. The van der Waals surface area contributed by atoms with E-state index in [1.54, 1.807) is 0 Å². The Morgan fingerprint density at radius 1 is 0.351 bits per heavy atom. The van der Waals surface area contributed by atoms with Crippen molar-refractivity contribution in [2.45, 2.75) is 0 Å². The van der Waals surface area contributed by atoms with Crippen LogP contribution in [0.15, 0.2) is 200 Å². The lowest BCUT2D eigenvalue weighted by Crippen LogP contribution is -2.00. The van der Waals surface area contributed by atoms with Crippen LogP contribution in [0.5, 0.6) is 0 Å². The average Bonchev–Trinajstić information content (AvgIpc) is 3.80. The zero-order valence-corrected chi connectivity index (χ0v) is 32.9. The van der Waals surface area contributed by atoms with E-state index in [1.807, 2.05) is 24.4 Å². The predicted molar refractivity (Wildman–Crippen MR) is 245 cm³/mol. The molecule has 268 valence electrons. The summed E-state index contributed by atoms with van der Waals surface area (Å²) in [5.41, 5.74) is 15.2. The van der Waals surface area contributed by atoms with Crippen LogP contribution in [0.2, 0.25) is 0 Å². The number of halogens is 1. The van der Waals surface area contributed by atoms with Crippen molar-refractivity contribution < 1.29 is 0 Å². The summed E-state index contributed by atoms with van der Waals surface area (Å²) < 4.78 is 5.96. The largest absolute Gasteiger partial charge is 0.309 e. The molecule has 0 N–H and O–H groups in total. The summed E-state index contributed by atoms with van der Waals surface area (Å²) in [6, 6.07) is 69.5. The Morgan fingerprint density at radius 3 is 1.37 bits per heavy atom. The molecule has 0 saturated carbocycles. The highest BCUT2D eigenvalue weighted by molar-refractivity contribution is 14.1. The molecule has 11 rings (SSSR count). The minimum Gasteiger partial charge on any atom is -0.309 e. The average molecular weight is 841 g/mol. The molecular weight excluding hydrogens is 808 g/mol. The number of para-hydroxylation sites is 4. The lowest BCUT2D eigenvalue weighted by molar-refractivity contribution is 1.13. The van der Waals surface area contributed by atoms with Crippen LogP contribution in [0.3, 0.4) is 0 Å². The first-order chi connectivity index (χ1) is 28.2. The van der Waals surface area contributed by atoms with Crippen LogP contribution in [0.25, 0.3) is 99.9 Å². The third-order valence-corrected chi connectivity index (χ3v) is 11.9. The fraction of sp³-hybridized carbons (Fsp3) is 0. The summed E-state index contributed by atoms with van der Waals surface area (Å²) in [7, 11) is 0. The summed E-state index contributed by atoms with van der Waals surface area (Å²) >= 11 is 2.49. The molecule has 0 radical (unpaired) electrons. The fourth-order valence-corrected chi connectivity index (χ4v) is 9.23. The molecule has 0 unspecified atom stereocenters. The van der Waals surface area contributed by atoms with Crippen molar-refractivity contribution in [2.75, 3.05) is 0 Å². The first-order valence-electron chi connectivity index (χ1n) is 19.1. The Balaban J connectivity index is 1.13. The van der Waals surface area contributed by atoms with E-state index in [0.29, 0.717) is 0 Å². The molecule has 0 bridgehead atoms. The van der Waals surface area contributed by atoms with Crippen LogP contribution in [0.4, 0.5) is 0 Å². The quantitative estimate of drug-likeness (QED) is 0.156. The molecule has 4 aromatic heterocycles. The molecule has 11 aromatic rings. The van der Waals surface area contributed by atoms with Crippen molar-refractivity contribution in [1.82, 2.24) is 19.1 Å². The molecule has 0 amide bonds. The van der Waals surface area contributed by atoms with Gasteiger partial charge >= 0.3 is 0 Å². The SMILES string of the molecule is Ic1cc(-c2cc(-n3c4ccccc4c4ccccc43)cc(-n3c4ccccc4c4ccccc43)c2)ccc1-c1cc(-c2ccccc2)cc(-c2ccccn2)n1. The van der Waals surface area contributed by atoms with Crippen molar-refractivity contribution in [1.29, 1.82) is 0 Å². The maximum Gasteiger partial charge on any atom is 0.0899 e. The second-order valence-corrected chi connectivity index (χ2v) is 15.5. The predicted octanol–water partition coefficient (Wildman–Crippen LogP) is 13.9. The van der Waals surface area contributed by atoms with E-state index in [2.05, 4.69) is 213 Å². The van der Waals surface area contributed by atoms with Crippen LogP contribution in [-0.2, 0) is 0 Å². The van der Waals surface area contributed by atoms with Gasteiger partial charge in [0.15, 0.2) is 0 Å². The van der Waals surface area contributed by atoms with E-state index in [-0.39, 0.29) is 0 Å². The van der Waals surface area contributed by atoms with Gasteiger partial charge in [0, 0.05) is 48.3 Å². The Morgan fingerprint density at radius 2 is 0.842 bits per heavy atom. The topological polar surface area (TPSA) is 35.6 Å². The highest BCUT2D eigenvalue weighted by Gasteiger charge is 2.18. The Kier molecular flexibility index (Phi) is 8.07. The fourth-order valence-electron chi connectivity index (χ4n) is 8.44. The standard InChI is InChI=1S/C52H33IN4/c53-45-30-35(25-26-44(45)47-31-37(34-14-2-1-3-15-34)32-48(55-47)46-20-12-13-27-54-46)36-28-38(56-49-21-8-4-16-40(49)41-17-5-9-22-50(41)56)33-39(29-36)57-51-23-10-6-18-42(51)43-19-7-11-24-52(43)57/h1-33H. The molecule has 57 heavy (non-hydrogen) atoms. The maximum absolute atomic E-state index is 5.20. The van der Waals surface area contributed by atoms with Crippen LogP contribution in [0, 0.1) is 3.57 Å². The maximum atomic E-state index is 5.20. The van der Waals surface area contributed by atoms with Gasteiger partial charge in [0.25, 0.3) is 0 Å². The highest BCUT2D eigenvalue weighted by atomic mass is 127. The van der Waals surface area contributed by atoms with E-state index in [4.69, 9.17) is 4.98 Å². The second-order valence-electron chi connectivity index (χ2n) is 14.4. The number of rotatable bonds is 6. The number of pyridine rings is 2. The minimum atomic E-state index is 0.849. The van der Waals surface area contributed by atoms with Gasteiger partial charge < -0.3 is 9.13 Å². The number of benzene rings is 7. The zero-order valence-electron chi connectivity index (χ0n) is 30.7. The van der Waals surface area contributed by atoms with Crippen molar-refractivity contribution in [3.8, 4) is 56.3 Å². The molecule has 5 heteroatoms. The lowest BCUT2D eigenvalue weighted by Gasteiger charge is -2.17. The highest BCUT2D eigenvalue weighted by Crippen LogP contribution is 2.39. The van der Waals surface area contributed by atoms with Crippen molar-refractivity contribution >= 4 is 66.2 Å². The smallest absolute Gasteiger partial charge is 0.0899 e. The van der Waals surface area contributed by atoms with E-state index >= 15 is 0 Å². The number of fused-ring (bicyclic) bond motifs is 6. The van der Waals surface area contributed by atoms with E-state index < -0.39 is 0 Å². The van der Waals surface area contributed by atoms with Crippen LogP contribution < -0.4 is 0 Å². The summed E-state index contributed by atoms with van der Waals surface area (Å²) in [5.74, 6) is 0. The molecule has 0 saturated heterocycles. The van der Waals surface area contributed by atoms with Gasteiger partial charge in [0.2, 0.25) is 0 Å².